The number of pyridine rings is 1. The topological polar surface area (TPSA) is 119 Å². The molecule has 2 aromatic heterocycles. The van der Waals surface area contributed by atoms with Gasteiger partial charge >= 0.3 is 11.8 Å². The number of aromatic nitrogens is 3. The van der Waals surface area contributed by atoms with Crippen LogP contribution >= 0.6 is 0 Å². The third-order valence-electron chi connectivity index (χ3n) is 4.56. The molecule has 1 fully saturated rings. The van der Waals surface area contributed by atoms with Crippen molar-refractivity contribution in [2.75, 3.05) is 0 Å². The molecular formula is C17H21N5O4. The summed E-state index contributed by atoms with van der Waals surface area (Å²) in [5, 5.41) is 8.74. The fraction of sp³-hybridized carbons (Fsp3) is 0.471. The monoisotopic (exact) mass is 359 g/mol. The first kappa shape index (κ1) is 17.8. The van der Waals surface area contributed by atoms with E-state index in [9.17, 15) is 14.4 Å². The van der Waals surface area contributed by atoms with Gasteiger partial charge in [0.15, 0.2) is 0 Å². The number of nitrogens with one attached hydrogen (secondary N) is 2. The summed E-state index contributed by atoms with van der Waals surface area (Å²) >= 11 is 0. The van der Waals surface area contributed by atoms with Crippen LogP contribution in [-0.2, 0) is 11.3 Å². The van der Waals surface area contributed by atoms with Crippen molar-refractivity contribution in [1.82, 2.24) is 25.3 Å². The van der Waals surface area contributed by atoms with E-state index >= 15 is 0 Å². The molecule has 1 saturated carbocycles. The molecule has 2 N–H and O–H groups in total. The molecule has 2 heterocycles. The van der Waals surface area contributed by atoms with Crippen molar-refractivity contribution in [2.45, 2.75) is 45.2 Å². The second-order valence-corrected chi connectivity index (χ2v) is 6.46. The Bertz CT molecular complexity index is 829. The summed E-state index contributed by atoms with van der Waals surface area (Å²) in [7, 11) is 0. The molecule has 0 bridgehead atoms. The summed E-state index contributed by atoms with van der Waals surface area (Å²) in [4.78, 5) is 40.1. The van der Waals surface area contributed by atoms with Crippen molar-refractivity contribution < 1.29 is 14.1 Å². The first-order valence-electron chi connectivity index (χ1n) is 8.63. The standard InChI is InChI=1S/C17H21N5O4/c1-11-6-2-3-7-12(11)19-16(24)20-14(23)10-22-15(21-26-17(22)25)13-8-4-5-9-18-13/h4-5,8-9,11-12H,2-3,6-7,10H2,1H3,(H2,19,20,23,24)/t11-,12+/m1/s1. The van der Waals surface area contributed by atoms with Gasteiger partial charge in [-0.15, -0.1) is 0 Å². The first-order chi connectivity index (χ1) is 12.5. The van der Waals surface area contributed by atoms with Gasteiger partial charge in [-0.1, -0.05) is 31.0 Å². The number of hydrogen-bond donors (Lipinski definition) is 2. The second-order valence-electron chi connectivity index (χ2n) is 6.46. The molecule has 138 valence electrons. The zero-order valence-corrected chi connectivity index (χ0v) is 14.5. The van der Waals surface area contributed by atoms with Crippen LogP contribution in [0.25, 0.3) is 11.5 Å². The Morgan fingerprint density at radius 2 is 2.12 bits per heavy atom. The minimum absolute atomic E-state index is 0.0546. The van der Waals surface area contributed by atoms with E-state index in [2.05, 4.69) is 32.2 Å². The number of carbonyl (C=O) groups is 2. The van der Waals surface area contributed by atoms with Crippen molar-refractivity contribution in [3.63, 3.8) is 0 Å². The number of hydrogen-bond acceptors (Lipinski definition) is 6. The number of imide groups is 1. The molecule has 9 nitrogen and oxygen atoms in total. The van der Waals surface area contributed by atoms with Gasteiger partial charge in [-0.2, -0.15) is 0 Å². The van der Waals surface area contributed by atoms with Gasteiger partial charge in [-0.05, 0) is 30.9 Å². The predicted octanol–water partition coefficient (Wildman–Crippen LogP) is 1.30. The van der Waals surface area contributed by atoms with Crippen molar-refractivity contribution in [3.05, 3.63) is 34.9 Å². The molecule has 9 heteroatoms. The van der Waals surface area contributed by atoms with Crippen LogP contribution in [0.2, 0.25) is 0 Å². The maximum atomic E-state index is 12.2. The second kappa shape index (κ2) is 7.94. The van der Waals surface area contributed by atoms with E-state index in [4.69, 9.17) is 0 Å². The highest BCUT2D eigenvalue weighted by Crippen LogP contribution is 2.23. The molecule has 0 aliphatic heterocycles. The van der Waals surface area contributed by atoms with Crippen LogP contribution in [0.5, 0.6) is 0 Å². The maximum absolute atomic E-state index is 12.2. The highest BCUT2D eigenvalue weighted by atomic mass is 16.5. The zero-order chi connectivity index (χ0) is 18.5. The molecule has 1 aliphatic rings. The Hall–Kier alpha value is -2.97. The highest BCUT2D eigenvalue weighted by Gasteiger charge is 2.24. The lowest BCUT2D eigenvalue weighted by Crippen LogP contribution is -2.48. The molecule has 0 unspecified atom stereocenters. The fourth-order valence-electron chi connectivity index (χ4n) is 3.13. The summed E-state index contributed by atoms with van der Waals surface area (Å²) in [6.07, 6.45) is 5.72. The SMILES string of the molecule is C[C@@H]1CCCC[C@@H]1NC(=O)NC(=O)Cn1c(-c2ccccn2)noc1=O. The Kier molecular flexibility index (Phi) is 5.45. The van der Waals surface area contributed by atoms with E-state index in [0.717, 1.165) is 30.3 Å². The third kappa shape index (κ3) is 4.16. The van der Waals surface area contributed by atoms with Crippen molar-refractivity contribution in [3.8, 4) is 11.5 Å². The van der Waals surface area contributed by atoms with Gasteiger partial charge in [0.25, 0.3) is 0 Å². The van der Waals surface area contributed by atoms with E-state index in [1.54, 1.807) is 18.2 Å². The first-order valence-corrected chi connectivity index (χ1v) is 8.63. The molecule has 0 spiro atoms. The summed E-state index contributed by atoms with van der Waals surface area (Å²) in [5.74, 6) is -0.913. The lowest BCUT2D eigenvalue weighted by molar-refractivity contribution is -0.120. The lowest BCUT2D eigenvalue weighted by Gasteiger charge is -2.29. The van der Waals surface area contributed by atoms with Crippen LogP contribution in [0, 0.1) is 5.92 Å². The molecule has 0 aromatic carbocycles. The van der Waals surface area contributed by atoms with E-state index in [1.165, 1.54) is 6.20 Å². The van der Waals surface area contributed by atoms with Crippen molar-refractivity contribution >= 4 is 11.9 Å². The molecule has 2 atom stereocenters. The van der Waals surface area contributed by atoms with Gasteiger partial charge in [-0.25, -0.2) is 14.2 Å². The van der Waals surface area contributed by atoms with E-state index in [-0.39, 0.29) is 18.4 Å². The van der Waals surface area contributed by atoms with Crippen LogP contribution < -0.4 is 16.4 Å². The molecule has 3 amide bonds. The van der Waals surface area contributed by atoms with Gasteiger partial charge in [0.1, 0.15) is 12.2 Å². The number of rotatable bonds is 4. The Labute approximate surface area is 149 Å². The van der Waals surface area contributed by atoms with E-state index in [1.807, 2.05) is 0 Å². The van der Waals surface area contributed by atoms with Crippen LogP contribution in [0.1, 0.15) is 32.6 Å². The van der Waals surface area contributed by atoms with Gasteiger partial charge in [-0.3, -0.25) is 19.6 Å². The normalized spacial score (nSPS) is 19.7. The van der Waals surface area contributed by atoms with Gasteiger partial charge < -0.3 is 5.32 Å². The van der Waals surface area contributed by atoms with Gasteiger partial charge in [0.2, 0.25) is 11.7 Å². The number of urea groups is 1. The fourth-order valence-corrected chi connectivity index (χ4v) is 3.13. The molecule has 2 aromatic rings. The molecular weight excluding hydrogens is 338 g/mol. The molecule has 0 saturated heterocycles. The average molecular weight is 359 g/mol. The third-order valence-corrected chi connectivity index (χ3v) is 4.56. The number of amides is 3. The van der Waals surface area contributed by atoms with E-state index < -0.39 is 17.7 Å². The lowest BCUT2D eigenvalue weighted by atomic mass is 9.86. The summed E-state index contributed by atoms with van der Waals surface area (Å²) < 4.78 is 5.66. The van der Waals surface area contributed by atoms with Crippen LogP contribution in [-0.4, -0.2) is 32.7 Å². The summed E-state index contributed by atoms with van der Waals surface area (Å²) in [5.41, 5.74) is 0.395. The largest absolute Gasteiger partial charge is 0.442 e. The van der Waals surface area contributed by atoms with E-state index in [0.29, 0.717) is 11.6 Å². The predicted molar refractivity (Wildman–Crippen MR) is 92.1 cm³/mol. The number of carbonyl (C=O) groups excluding carboxylic acids is 2. The highest BCUT2D eigenvalue weighted by molar-refractivity contribution is 5.94. The zero-order valence-electron chi connectivity index (χ0n) is 14.5. The smallest absolute Gasteiger partial charge is 0.335 e. The number of nitrogens with zero attached hydrogens (tertiary/aromatic N) is 3. The van der Waals surface area contributed by atoms with Gasteiger partial charge in [0.05, 0.1) is 0 Å². The Balaban J connectivity index is 1.63. The summed E-state index contributed by atoms with van der Waals surface area (Å²) in [6, 6.07) is 4.58. The van der Waals surface area contributed by atoms with Crippen LogP contribution in [0.3, 0.4) is 0 Å². The van der Waals surface area contributed by atoms with Crippen LogP contribution in [0.15, 0.2) is 33.7 Å². The van der Waals surface area contributed by atoms with Crippen LogP contribution in [0.4, 0.5) is 4.79 Å². The Morgan fingerprint density at radius 3 is 2.85 bits per heavy atom. The van der Waals surface area contributed by atoms with Gasteiger partial charge in [0, 0.05) is 12.2 Å². The summed E-state index contributed by atoms with van der Waals surface area (Å²) in [6.45, 7) is 1.70. The maximum Gasteiger partial charge on any atom is 0.442 e. The van der Waals surface area contributed by atoms with Crippen molar-refractivity contribution in [1.29, 1.82) is 0 Å². The molecule has 0 radical (unpaired) electrons. The minimum Gasteiger partial charge on any atom is -0.335 e. The molecule has 26 heavy (non-hydrogen) atoms. The Morgan fingerprint density at radius 1 is 1.31 bits per heavy atom. The van der Waals surface area contributed by atoms with Crippen molar-refractivity contribution in [2.24, 2.45) is 5.92 Å². The molecule has 1 aliphatic carbocycles. The quantitative estimate of drug-likeness (QED) is 0.849. The molecule has 3 rings (SSSR count). The average Bonchev–Trinajstić information content (AvgIpc) is 2.98. The minimum atomic E-state index is -0.790.